The first-order valence-electron chi connectivity index (χ1n) is 6.88. The summed E-state index contributed by atoms with van der Waals surface area (Å²) in [5.74, 6) is 0.0236. The molecule has 0 spiro atoms. The molecule has 0 saturated heterocycles. The van der Waals surface area contributed by atoms with E-state index in [0.717, 1.165) is 18.7 Å². The highest BCUT2D eigenvalue weighted by molar-refractivity contribution is 5.95. The van der Waals surface area contributed by atoms with Crippen LogP contribution in [-0.2, 0) is 6.54 Å². The molecule has 0 atom stereocenters. The van der Waals surface area contributed by atoms with E-state index in [9.17, 15) is 0 Å². The van der Waals surface area contributed by atoms with Gasteiger partial charge in [0.25, 0.3) is 0 Å². The number of pyridine rings is 1. The second-order valence-electron chi connectivity index (χ2n) is 4.89. The Labute approximate surface area is 124 Å². The smallest absolute Gasteiger partial charge is 0.188 e. The van der Waals surface area contributed by atoms with E-state index in [2.05, 4.69) is 53.2 Å². The van der Waals surface area contributed by atoms with E-state index in [4.69, 9.17) is 10.9 Å². The fraction of sp³-hybridized carbons (Fsp3) is 0.250. The Morgan fingerprint density at radius 2 is 2.14 bits per heavy atom. The van der Waals surface area contributed by atoms with Crippen molar-refractivity contribution < 1.29 is 5.21 Å². The highest BCUT2D eigenvalue weighted by atomic mass is 16.4. The zero-order valence-corrected chi connectivity index (χ0v) is 12.3. The van der Waals surface area contributed by atoms with E-state index in [0.29, 0.717) is 5.69 Å². The highest BCUT2D eigenvalue weighted by Gasteiger charge is 2.08. The summed E-state index contributed by atoms with van der Waals surface area (Å²) in [5.41, 5.74) is 9.54. The quantitative estimate of drug-likeness (QED) is 0.383. The third-order valence-electron chi connectivity index (χ3n) is 3.32. The van der Waals surface area contributed by atoms with Gasteiger partial charge in [0.15, 0.2) is 5.84 Å². The third-order valence-corrected chi connectivity index (χ3v) is 3.32. The van der Waals surface area contributed by atoms with Gasteiger partial charge >= 0.3 is 0 Å². The van der Waals surface area contributed by atoms with Crippen LogP contribution in [0.15, 0.2) is 47.8 Å². The van der Waals surface area contributed by atoms with E-state index in [1.807, 2.05) is 12.1 Å². The lowest BCUT2D eigenvalue weighted by molar-refractivity contribution is 0.318. The van der Waals surface area contributed by atoms with Crippen molar-refractivity contribution in [1.82, 2.24) is 4.98 Å². The lowest BCUT2D eigenvalue weighted by Gasteiger charge is -2.23. The van der Waals surface area contributed by atoms with Crippen molar-refractivity contribution in [2.24, 2.45) is 10.9 Å². The van der Waals surface area contributed by atoms with Crippen molar-refractivity contribution in [3.8, 4) is 0 Å². The summed E-state index contributed by atoms with van der Waals surface area (Å²) >= 11 is 0. The average molecular weight is 284 g/mol. The van der Waals surface area contributed by atoms with Crippen LogP contribution in [0.1, 0.15) is 23.7 Å². The lowest BCUT2D eigenvalue weighted by Crippen LogP contribution is -2.22. The molecule has 0 amide bonds. The van der Waals surface area contributed by atoms with Crippen LogP contribution < -0.4 is 10.6 Å². The molecule has 0 aliphatic heterocycles. The summed E-state index contributed by atoms with van der Waals surface area (Å²) in [6.07, 6.45) is 1.67. The van der Waals surface area contributed by atoms with E-state index < -0.39 is 0 Å². The number of benzene rings is 1. The Balaban J connectivity index is 2.23. The minimum Gasteiger partial charge on any atom is -0.409 e. The van der Waals surface area contributed by atoms with Crippen LogP contribution in [0.4, 0.5) is 5.69 Å². The predicted molar refractivity (Wildman–Crippen MR) is 84.7 cm³/mol. The van der Waals surface area contributed by atoms with Gasteiger partial charge in [0.2, 0.25) is 0 Å². The van der Waals surface area contributed by atoms with Gasteiger partial charge in [-0.2, -0.15) is 0 Å². The molecule has 0 fully saturated rings. The van der Waals surface area contributed by atoms with Crippen LogP contribution >= 0.6 is 0 Å². The maximum absolute atomic E-state index is 8.73. The summed E-state index contributed by atoms with van der Waals surface area (Å²) in [6.45, 7) is 5.84. The Morgan fingerprint density at radius 1 is 1.33 bits per heavy atom. The minimum absolute atomic E-state index is 0.0236. The number of hydrogen-bond donors (Lipinski definition) is 2. The third kappa shape index (κ3) is 3.72. The monoisotopic (exact) mass is 284 g/mol. The molecular weight excluding hydrogens is 264 g/mol. The van der Waals surface area contributed by atoms with Gasteiger partial charge in [-0.15, -0.1) is 0 Å². The zero-order valence-electron chi connectivity index (χ0n) is 12.3. The first-order valence-corrected chi connectivity index (χ1v) is 6.88. The maximum Gasteiger partial charge on any atom is 0.188 e. The Kier molecular flexibility index (Phi) is 4.77. The van der Waals surface area contributed by atoms with Crippen molar-refractivity contribution in [2.45, 2.75) is 20.4 Å². The van der Waals surface area contributed by atoms with Crippen LogP contribution in [-0.4, -0.2) is 22.6 Å². The van der Waals surface area contributed by atoms with E-state index in [1.165, 1.54) is 11.3 Å². The molecule has 1 aromatic heterocycles. The van der Waals surface area contributed by atoms with Gasteiger partial charge in [0.05, 0.1) is 0 Å². The summed E-state index contributed by atoms with van der Waals surface area (Å²) in [5, 5.41) is 11.7. The molecule has 5 heteroatoms. The molecule has 2 rings (SSSR count). The SMILES string of the molecule is CCN(Cc1ccnc(C(N)=NO)c1)c1cccc(C)c1. The molecular formula is C16H20N4O. The van der Waals surface area contributed by atoms with Crippen LogP contribution in [0, 0.1) is 6.92 Å². The Hall–Kier alpha value is -2.56. The van der Waals surface area contributed by atoms with Gasteiger partial charge in [-0.05, 0) is 49.2 Å². The minimum atomic E-state index is 0.0236. The number of amidine groups is 1. The van der Waals surface area contributed by atoms with Gasteiger partial charge < -0.3 is 15.8 Å². The van der Waals surface area contributed by atoms with Gasteiger partial charge in [-0.25, -0.2) is 0 Å². The van der Waals surface area contributed by atoms with Crippen molar-refractivity contribution in [3.63, 3.8) is 0 Å². The average Bonchev–Trinajstić information content (AvgIpc) is 2.52. The molecule has 0 aliphatic rings. The Bertz CT molecular complexity index is 640. The first kappa shape index (κ1) is 14.8. The molecule has 5 nitrogen and oxygen atoms in total. The molecule has 2 aromatic rings. The molecule has 0 aliphatic carbocycles. The fourth-order valence-corrected chi connectivity index (χ4v) is 2.19. The zero-order chi connectivity index (χ0) is 15.2. The number of rotatable bonds is 5. The van der Waals surface area contributed by atoms with Crippen molar-refractivity contribution in [3.05, 3.63) is 59.4 Å². The normalized spacial score (nSPS) is 11.4. The second kappa shape index (κ2) is 6.74. The number of aryl methyl sites for hydroxylation is 1. The molecule has 0 bridgehead atoms. The highest BCUT2D eigenvalue weighted by Crippen LogP contribution is 2.18. The van der Waals surface area contributed by atoms with Crippen LogP contribution in [0.3, 0.4) is 0 Å². The molecule has 0 unspecified atom stereocenters. The van der Waals surface area contributed by atoms with E-state index in [-0.39, 0.29) is 5.84 Å². The van der Waals surface area contributed by atoms with Crippen molar-refractivity contribution >= 4 is 11.5 Å². The van der Waals surface area contributed by atoms with Crippen LogP contribution in [0.2, 0.25) is 0 Å². The number of oxime groups is 1. The van der Waals surface area contributed by atoms with E-state index >= 15 is 0 Å². The summed E-state index contributed by atoms with van der Waals surface area (Å²) in [6, 6.07) is 12.2. The molecule has 1 heterocycles. The van der Waals surface area contributed by atoms with Crippen LogP contribution in [0.5, 0.6) is 0 Å². The van der Waals surface area contributed by atoms with E-state index in [1.54, 1.807) is 6.20 Å². The number of aromatic nitrogens is 1. The number of anilines is 1. The van der Waals surface area contributed by atoms with Gasteiger partial charge in [-0.3, -0.25) is 4.98 Å². The summed E-state index contributed by atoms with van der Waals surface area (Å²) in [4.78, 5) is 6.36. The number of hydrogen-bond acceptors (Lipinski definition) is 4. The fourth-order valence-electron chi connectivity index (χ4n) is 2.19. The lowest BCUT2D eigenvalue weighted by atomic mass is 10.1. The van der Waals surface area contributed by atoms with Gasteiger partial charge in [0, 0.05) is 25.0 Å². The predicted octanol–water partition coefficient (Wildman–Crippen LogP) is 2.51. The summed E-state index contributed by atoms with van der Waals surface area (Å²) < 4.78 is 0. The van der Waals surface area contributed by atoms with Gasteiger partial charge in [0.1, 0.15) is 5.69 Å². The standard InChI is InChI=1S/C16H20N4O/c1-3-20(14-6-4-5-12(2)9-14)11-13-7-8-18-15(10-13)16(17)19-21/h4-10,21H,3,11H2,1-2H3,(H2,17,19). The first-order chi connectivity index (χ1) is 10.1. The van der Waals surface area contributed by atoms with Crippen LogP contribution in [0.25, 0.3) is 0 Å². The number of nitrogens with two attached hydrogens (primary N) is 1. The van der Waals surface area contributed by atoms with Crippen molar-refractivity contribution in [2.75, 3.05) is 11.4 Å². The largest absolute Gasteiger partial charge is 0.409 e. The maximum atomic E-state index is 8.73. The topological polar surface area (TPSA) is 74.7 Å². The summed E-state index contributed by atoms with van der Waals surface area (Å²) in [7, 11) is 0. The second-order valence-corrected chi connectivity index (χ2v) is 4.89. The molecule has 110 valence electrons. The Morgan fingerprint density at radius 3 is 2.81 bits per heavy atom. The molecule has 3 N–H and O–H groups in total. The molecule has 1 aromatic carbocycles. The van der Waals surface area contributed by atoms with Crippen molar-refractivity contribution in [1.29, 1.82) is 0 Å². The van der Waals surface area contributed by atoms with Gasteiger partial charge in [-0.1, -0.05) is 17.3 Å². The molecule has 0 radical (unpaired) electrons. The molecule has 21 heavy (non-hydrogen) atoms. The molecule has 0 saturated carbocycles. The number of nitrogens with zero attached hydrogens (tertiary/aromatic N) is 3.